The molecule has 3 nitrogen and oxygen atoms in total. The summed E-state index contributed by atoms with van der Waals surface area (Å²) in [6, 6.07) is 2.65. The highest BCUT2D eigenvalue weighted by Gasteiger charge is 2.19. The molecular weight excluding hydrogens is 200 g/mol. The van der Waals surface area contributed by atoms with E-state index in [-0.39, 0.29) is 0 Å². The van der Waals surface area contributed by atoms with Gasteiger partial charge in [0.1, 0.15) is 0 Å². The number of aryl methyl sites for hydroxylation is 1. The molecule has 2 rings (SSSR count). The molecule has 2 unspecified atom stereocenters. The third-order valence-electron chi connectivity index (χ3n) is 3.31. The second-order valence-corrected chi connectivity index (χ2v) is 4.74. The molecular formula is C13H20N2O. The van der Waals surface area contributed by atoms with Crippen LogP contribution in [0.3, 0.4) is 0 Å². The Morgan fingerprint density at radius 2 is 2.25 bits per heavy atom. The van der Waals surface area contributed by atoms with Gasteiger partial charge in [-0.3, -0.25) is 0 Å². The van der Waals surface area contributed by atoms with Crippen molar-refractivity contribution in [2.45, 2.75) is 32.7 Å². The summed E-state index contributed by atoms with van der Waals surface area (Å²) in [5.74, 6) is 1.52. The van der Waals surface area contributed by atoms with Crippen LogP contribution in [0.5, 0.6) is 5.88 Å². The maximum absolute atomic E-state index is 5.17. The van der Waals surface area contributed by atoms with Crippen molar-refractivity contribution in [3.63, 3.8) is 0 Å². The summed E-state index contributed by atoms with van der Waals surface area (Å²) in [7, 11) is 1.66. The van der Waals surface area contributed by atoms with Crippen LogP contribution in [0.1, 0.15) is 36.9 Å². The first-order valence-corrected chi connectivity index (χ1v) is 5.94. The molecule has 3 heteroatoms. The number of ether oxygens (including phenoxy) is 1. The Bertz CT molecular complexity index is 357. The second-order valence-electron chi connectivity index (χ2n) is 4.74. The predicted molar refractivity (Wildman–Crippen MR) is 64.7 cm³/mol. The van der Waals surface area contributed by atoms with Crippen LogP contribution in [-0.4, -0.2) is 18.6 Å². The van der Waals surface area contributed by atoms with Crippen molar-refractivity contribution in [2.24, 2.45) is 5.92 Å². The number of nitrogens with zero attached hydrogens (tertiary/aromatic N) is 1. The third kappa shape index (κ3) is 2.35. The summed E-state index contributed by atoms with van der Waals surface area (Å²) >= 11 is 0. The molecule has 2 atom stereocenters. The predicted octanol–water partition coefficient (Wildman–Crippen LogP) is 2.46. The van der Waals surface area contributed by atoms with Gasteiger partial charge in [-0.25, -0.2) is 4.98 Å². The van der Waals surface area contributed by atoms with Crippen LogP contribution in [0.15, 0.2) is 12.3 Å². The summed E-state index contributed by atoms with van der Waals surface area (Å²) in [5.41, 5.74) is 2.39. The van der Waals surface area contributed by atoms with E-state index >= 15 is 0 Å². The Morgan fingerprint density at radius 1 is 1.44 bits per heavy atom. The number of hydrogen-bond acceptors (Lipinski definition) is 3. The van der Waals surface area contributed by atoms with E-state index in [1.165, 1.54) is 18.4 Å². The maximum Gasteiger partial charge on any atom is 0.215 e. The molecule has 1 saturated heterocycles. The molecule has 0 saturated carbocycles. The highest BCUT2D eigenvalue weighted by atomic mass is 16.5. The standard InChI is InChI=1S/C13H20N2O/c1-9-4-5-12(14-7-9)11-6-10(2)13(16-3)15-8-11/h6,8-9,12,14H,4-5,7H2,1-3H3. The van der Waals surface area contributed by atoms with E-state index in [0.29, 0.717) is 6.04 Å². The molecule has 88 valence electrons. The highest BCUT2D eigenvalue weighted by Crippen LogP contribution is 2.27. The zero-order valence-electron chi connectivity index (χ0n) is 10.3. The quantitative estimate of drug-likeness (QED) is 0.831. The SMILES string of the molecule is COc1ncc(C2CCC(C)CN2)cc1C. The van der Waals surface area contributed by atoms with Crippen LogP contribution in [0.2, 0.25) is 0 Å². The van der Waals surface area contributed by atoms with Gasteiger partial charge in [0.05, 0.1) is 7.11 Å². The normalized spacial score (nSPS) is 25.4. The number of hydrogen-bond donors (Lipinski definition) is 1. The number of rotatable bonds is 2. The molecule has 0 aliphatic carbocycles. The van der Waals surface area contributed by atoms with Gasteiger partial charge in [-0.2, -0.15) is 0 Å². The Hall–Kier alpha value is -1.09. The van der Waals surface area contributed by atoms with Gasteiger partial charge < -0.3 is 10.1 Å². The summed E-state index contributed by atoms with van der Waals surface area (Å²) in [4.78, 5) is 4.33. The minimum Gasteiger partial charge on any atom is -0.481 e. The van der Waals surface area contributed by atoms with Gasteiger partial charge in [-0.15, -0.1) is 0 Å². The first-order valence-electron chi connectivity index (χ1n) is 5.94. The number of pyridine rings is 1. The lowest BCUT2D eigenvalue weighted by Gasteiger charge is -2.28. The zero-order valence-corrected chi connectivity index (χ0v) is 10.3. The molecule has 0 spiro atoms. The number of nitrogens with one attached hydrogen (secondary N) is 1. The lowest BCUT2D eigenvalue weighted by molar-refractivity contribution is 0.331. The molecule has 1 N–H and O–H groups in total. The summed E-state index contributed by atoms with van der Waals surface area (Å²) in [6.07, 6.45) is 4.43. The van der Waals surface area contributed by atoms with Crippen molar-refractivity contribution in [3.8, 4) is 5.88 Å². The molecule has 0 bridgehead atoms. The molecule has 1 aromatic rings. The molecule has 0 radical (unpaired) electrons. The van der Waals surface area contributed by atoms with Crippen molar-refractivity contribution >= 4 is 0 Å². The van der Waals surface area contributed by atoms with Crippen LogP contribution < -0.4 is 10.1 Å². The van der Waals surface area contributed by atoms with Crippen LogP contribution in [0, 0.1) is 12.8 Å². The Labute approximate surface area is 97.2 Å². The van der Waals surface area contributed by atoms with Gasteiger partial charge in [0, 0.05) is 17.8 Å². The second kappa shape index (κ2) is 4.83. The monoisotopic (exact) mass is 220 g/mol. The molecule has 1 fully saturated rings. The van der Waals surface area contributed by atoms with Crippen LogP contribution in [0.25, 0.3) is 0 Å². The summed E-state index contributed by atoms with van der Waals surface area (Å²) in [5, 5.41) is 3.57. The molecule has 2 heterocycles. The average molecular weight is 220 g/mol. The molecule has 1 aromatic heterocycles. The Morgan fingerprint density at radius 3 is 2.81 bits per heavy atom. The van der Waals surface area contributed by atoms with Crippen LogP contribution >= 0.6 is 0 Å². The topological polar surface area (TPSA) is 34.1 Å². The fourth-order valence-corrected chi connectivity index (χ4v) is 2.27. The smallest absolute Gasteiger partial charge is 0.215 e. The minimum atomic E-state index is 0.466. The summed E-state index contributed by atoms with van der Waals surface area (Å²) < 4.78 is 5.17. The van der Waals surface area contributed by atoms with Gasteiger partial charge in [0.15, 0.2) is 0 Å². The fraction of sp³-hybridized carbons (Fsp3) is 0.615. The van der Waals surface area contributed by atoms with E-state index in [4.69, 9.17) is 4.74 Å². The largest absolute Gasteiger partial charge is 0.481 e. The molecule has 0 amide bonds. The van der Waals surface area contributed by atoms with Crippen LogP contribution in [0.4, 0.5) is 0 Å². The molecule has 0 aromatic carbocycles. The van der Waals surface area contributed by atoms with E-state index in [9.17, 15) is 0 Å². The highest BCUT2D eigenvalue weighted by molar-refractivity contribution is 5.30. The number of piperidine rings is 1. The van der Waals surface area contributed by atoms with Crippen molar-refractivity contribution < 1.29 is 4.74 Å². The number of aromatic nitrogens is 1. The Kier molecular flexibility index (Phi) is 3.44. The fourth-order valence-electron chi connectivity index (χ4n) is 2.27. The van der Waals surface area contributed by atoms with E-state index in [2.05, 4.69) is 23.3 Å². The van der Waals surface area contributed by atoms with Crippen molar-refractivity contribution in [3.05, 3.63) is 23.4 Å². The first-order chi connectivity index (χ1) is 7.70. The van der Waals surface area contributed by atoms with Gasteiger partial charge in [0.25, 0.3) is 0 Å². The zero-order chi connectivity index (χ0) is 11.5. The average Bonchev–Trinajstić information content (AvgIpc) is 2.30. The van der Waals surface area contributed by atoms with Gasteiger partial charge in [-0.05, 0) is 43.9 Å². The van der Waals surface area contributed by atoms with Crippen molar-refractivity contribution in [1.29, 1.82) is 0 Å². The molecule has 1 aliphatic heterocycles. The third-order valence-corrected chi connectivity index (χ3v) is 3.31. The van der Waals surface area contributed by atoms with Crippen molar-refractivity contribution in [2.75, 3.05) is 13.7 Å². The lowest BCUT2D eigenvalue weighted by atomic mass is 9.92. The summed E-state index contributed by atoms with van der Waals surface area (Å²) in [6.45, 7) is 5.44. The van der Waals surface area contributed by atoms with E-state index < -0.39 is 0 Å². The molecule has 1 aliphatic rings. The van der Waals surface area contributed by atoms with Crippen LogP contribution in [-0.2, 0) is 0 Å². The van der Waals surface area contributed by atoms with E-state index in [1.54, 1.807) is 7.11 Å². The van der Waals surface area contributed by atoms with Gasteiger partial charge in [-0.1, -0.05) is 6.92 Å². The maximum atomic E-state index is 5.17. The minimum absolute atomic E-state index is 0.466. The lowest BCUT2D eigenvalue weighted by Crippen LogP contribution is -2.31. The number of methoxy groups -OCH3 is 1. The molecule has 16 heavy (non-hydrogen) atoms. The van der Waals surface area contributed by atoms with Gasteiger partial charge >= 0.3 is 0 Å². The van der Waals surface area contributed by atoms with E-state index in [0.717, 1.165) is 23.9 Å². The van der Waals surface area contributed by atoms with Crippen molar-refractivity contribution in [1.82, 2.24) is 10.3 Å². The Balaban J connectivity index is 2.12. The van der Waals surface area contributed by atoms with Gasteiger partial charge in [0.2, 0.25) is 5.88 Å². The first kappa shape index (κ1) is 11.4. The van der Waals surface area contributed by atoms with E-state index in [1.807, 2.05) is 13.1 Å².